The summed E-state index contributed by atoms with van der Waals surface area (Å²) >= 11 is 2.12. The van der Waals surface area contributed by atoms with Crippen LogP contribution in [-0.4, -0.2) is 11.5 Å². The van der Waals surface area contributed by atoms with Gasteiger partial charge in [0.2, 0.25) is 0 Å². The molecule has 1 saturated heterocycles. The summed E-state index contributed by atoms with van der Waals surface area (Å²) in [5, 5.41) is 0. The maximum atomic E-state index is 2.12. The first-order valence-corrected chi connectivity index (χ1v) is 4.23. The van der Waals surface area contributed by atoms with E-state index < -0.39 is 0 Å². The van der Waals surface area contributed by atoms with Crippen LogP contribution in [-0.2, 0) is 0 Å². The summed E-state index contributed by atoms with van der Waals surface area (Å²) in [5.74, 6) is 2.83. The molecule has 0 nitrogen and oxygen atoms in total. The molecular weight excluding hydrogens is 116 g/mol. The van der Waals surface area contributed by atoms with Gasteiger partial charge in [-0.15, -0.1) is 0 Å². The summed E-state index contributed by atoms with van der Waals surface area (Å²) in [6, 6.07) is 0. The van der Waals surface area contributed by atoms with Crippen molar-refractivity contribution in [2.45, 2.75) is 33.1 Å². The number of hydrogen-bond donors (Lipinski definition) is 0. The highest BCUT2D eigenvalue weighted by Gasteiger charge is 1.95. The Bertz CT molecular complexity index is 24.0. The lowest BCUT2D eigenvalue weighted by Crippen LogP contribution is -1.71. The fraction of sp³-hybridized carbons (Fsp3) is 1.00. The van der Waals surface area contributed by atoms with Crippen LogP contribution in [0.3, 0.4) is 0 Å². The first-order chi connectivity index (χ1) is 3.50. The number of rotatable bonds is 0. The molecule has 0 N–H and O–H groups in total. The van der Waals surface area contributed by atoms with Gasteiger partial charge < -0.3 is 0 Å². The molecule has 0 atom stereocenters. The summed E-state index contributed by atoms with van der Waals surface area (Å²) in [4.78, 5) is 0. The van der Waals surface area contributed by atoms with Gasteiger partial charge in [0.1, 0.15) is 0 Å². The van der Waals surface area contributed by atoms with E-state index in [0.717, 1.165) is 0 Å². The Hall–Kier alpha value is 0.350. The van der Waals surface area contributed by atoms with Crippen molar-refractivity contribution in [1.29, 1.82) is 0 Å². The SMILES string of the molecule is C.C1CCCSCC1. The second kappa shape index (κ2) is 5.49. The summed E-state index contributed by atoms with van der Waals surface area (Å²) in [5.41, 5.74) is 0. The van der Waals surface area contributed by atoms with E-state index in [1.54, 1.807) is 0 Å². The van der Waals surface area contributed by atoms with E-state index in [4.69, 9.17) is 0 Å². The zero-order chi connectivity index (χ0) is 4.95. The highest BCUT2D eigenvalue weighted by atomic mass is 32.2. The minimum atomic E-state index is 0. The summed E-state index contributed by atoms with van der Waals surface area (Å²) in [7, 11) is 0. The second-order valence-corrected chi connectivity index (χ2v) is 3.25. The molecule has 0 radical (unpaired) electrons. The fourth-order valence-electron chi connectivity index (χ4n) is 0.864. The lowest BCUT2D eigenvalue weighted by Gasteiger charge is -1.86. The summed E-state index contributed by atoms with van der Waals surface area (Å²) in [6.07, 6.45) is 5.88. The third kappa shape index (κ3) is 3.36. The van der Waals surface area contributed by atoms with Crippen LogP contribution in [0.15, 0.2) is 0 Å². The quantitative estimate of drug-likeness (QED) is 0.488. The van der Waals surface area contributed by atoms with Crippen molar-refractivity contribution in [2.24, 2.45) is 0 Å². The zero-order valence-corrected chi connectivity index (χ0v) is 5.47. The average molecular weight is 132 g/mol. The van der Waals surface area contributed by atoms with E-state index >= 15 is 0 Å². The van der Waals surface area contributed by atoms with E-state index in [2.05, 4.69) is 11.8 Å². The van der Waals surface area contributed by atoms with Crippen molar-refractivity contribution in [3.8, 4) is 0 Å². The Labute approximate surface area is 57.1 Å². The van der Waals surface area contributed by atoms with E-state index in [1.165, 1.54) is 37.2 Å². The van der Waals surface area contributed by atoms with Crippen molar-refractivity contribution in [3.63, 3.8) is 0 Å². The predicted molar refractivity (Wildman–Crippen MR) is 42.5 cm³/mol. The molecule has 0 aromatic heterocycles. The topological polar surface area (TPSA) is 0 Å². The minimum Gasteiger partial charge on any atom is -0.162 e. The highest BCUT2D eigenvalue weighted by molar-refractivity contribution is 7.99. The predicted octanol–water partition coefficient (Wildman–Crippen LogP) is 2.93. The first-order valence-electron chi connectivity index (χ1n) is 3.08. The van der Waals surface area contributed by atoms with Crippen molar-refractivity contribution in [1.82, 2.24) is 0 Å². The third-order valence-electron chi connectivity index (χ3n) is 1.33. The van der Waals surface area contributed by atoms with Crippen LogP contribution in [0.2, 0.25) is 0 Å². The van der Waals surface area contributed by atoms with Gasteiger partial charge in [-0.2, -0.15) is 11.8 Å². The summed E-state index contributed by atoms with van der Waals surface area (Å²) in [6.45, 7) is 0. The van der Waals surface area contributed by atoms with Crippen molar-refractivity contribution < 1.29 is 0 Å². The third-order valence-corrected chi connectivity index (χ3v) is 2.48. The first kappa shape index (κ1) is 8.35. The highest BCUT2D eigenvalue weighted by Crippen LogP contribution is 2.15. The van der Waals surface area contributed by atoms with Gasteiger partial charge >= 0.3 is 0 Å². The Kier molecular flexibility index (Phi) is 5.73. The van der Waals surface area contributed by atoms with Gasteiger partial charge in [-0.05, 0) is 24.3 Å². The van der Waals surface area contributed by atoms with Crippen molar-refractivity contribution in [2.75, 3.05) is 11.5 Å². The van der Waals surface area contributed by atoms with Crippen molar-refractivity contribution >= 4 is 11.8 Å². The van der Waals surface area contributed by atoms with Gasteiger partial charge in [0.25, 0.3) is 0 Å². The van der Waals surface area contributed by atoms with Gasteiger partial charge in [-0.1, -0.05) is 20.3 Å². The molecule has 1 heterocycles. The van der Waals surface area contributed by atoms with E-state index in [9.17, 15) is 0 Å². The standard InChI is InChI=1S/C6H12S.CH4/c1-2-4-6-7-5-3-1;/h1-6H2;1H4. The molecule has 0 unspecified atom stereocenters. The van der Waals surface area contributed by atoms with Crippen LogP contribution >= 0.6 is 11.8 Å². The molecule has 0 spiro atoms. The molecule has 1 aliphatic rings. The molecular formula is C7H16S. The van der Waals surface area contributed by atoms with Gasteiger partial charge in [-0.25, -0.2) is 0 Å². The maximum Gasteiger partial charge on any atom is -0.00675 e. The average Bonchev–Trinajstić information content (AvgIpc) is 1.90. The molecule has 50 valence electrons. The van der Waals surface area contributed by atoms with Crippen LogP contribution in [0, 0.1) is 0 Å². The Morgan fingerprint density at radius 1 is 0.750 bits per heavy atom. The molecule has 0 saturated carbocycles. The van der Waals surface area contributed by atoms with Crippen LogP contribution in [0.4, 0.5) is 0 Å². The molecule has 0 aliphatic carbocycles. The van der Waals surface area contributed by atoms with E-state index in [-0.39, 0.29) is 7.43 Å². The van der Waals surface area contributed by atoms with Crippen LogP contribution < -0.4 is 0 Å². The molecule has 1 fully saturated rings. The molecule has 0 bridgehead atoms. The Morgan fingerprint density at radius 2 is 1.25 bits per heavy atom. The molecule has 1 rings (SSSR count). The normalized spacial score (nSPS) is 21.0. The second-order valence-electron chi connectivity index (χ2n) is 2.03. The number of hydrogen-bond acceptors (Lipinski definition) is 1. The molecule has 0 aromatic rings. The van der Waals surface area contributed by atoms with E-state index in [1.807, 2.05) is 0 Å². The van der Waals surface area contributed by atoms with Crippen LogP contribution in [0.25, 0.3) is 0 Å². The summed E-state index contributed by atoms with van der Waals surface area (Å²) < 4.78 is 0. The number of thioether (sulfide) groups is 1. The largest absolute Gasteiger partial charge is 0.162 e. The van der Waals surface area contributed by atoms with Gasteiger partial charge in [0.05, 0.1) is 0 Å². The van der Waals surface area contributed by atoms with Crippen LogP contribution in [0.5, 0.6) is 0 Å². The fourth-order valence-corrected chi connectivity index (χ4v) is 1.88. The smallest absolute Gasteiger partial charge is 0.00675 e. The monoisotopic (exact) mass is 132 g/mol. The van der Waals surface area contributed by atoms with Gasteiger partial charge in [0, 0.05) is 0 Å². The molecule has 1 aliphatic heterocycles. The van der Waals surface area contributed by atoms with Gasteiger partial charge in [-0.3, -0.25) is 0 Å². The molecule has 1 heteroatoms. The van der Waals surface area contributed by atoms with E-state index in [0.29, 0.717) is 0 Å². The van der Waals surface area contributed by atoms with Crippen molar-refractivity contribution in [3.05, 3.63) is 0 Å². The molecule has 0 amide bonds. The van der Waals surface area contributed by atoms with Crippen LogP contribution in [0.1, 0.15) is 33.1 Å². The minimum absolute atomic E-state index is 0. The maximum absolute atomic E-state index is 2.12. The Morgan fingerprint density at radius 3 is 1.75 bits per heavy atom. The lowest BCUT2D eigenvalue weighted by molar-refractivity contribution is 0.726. The molecule has 0 aromatic carbocycles. The lowest BCUT2D eigenvalue weighted by atomic mass is 10.2. The van der Waals surface area contributed by atoms with Gasteiger partial charge in [0.15, 0.2) is 0 Å². The Balaban J connectivity index is 0.000000490. The zero-order valence-electron chi connectivity index (χ0n) is 4.65. The molecule has 8 heavy (non-hydrogen) atoms.